The molecule has 2 aromatic rings. The maximum Gasteiger partial charge on any atom is 0.276 e. The fourth-order valence-corrected chi connectivity index (χ4v) is 2.92. The van der Waals surface area contributed by atoms with E-state index < -0.39 is 16.7 Å². The van der Waals surface area contributed by atoms with E-state index in [-0.39, 0.29) is 23.6 Å². The maximum atomic E-state index is 12.5. The number of benzene rings is 2. The van der Waals surface area contributed by atoms with Crippen molar-refractivity contribution in [3.63, 3.8) is 0 Å². The number of halogens is 1. The van der Waals surface area contributed by atoms with E-state index in [2.05, 4.69) is 33.7 Å². The van der Waals surface area contributed by atoms with Gasteiger partial charge in [-0.1, -0.05) is 42.1 Å². The summed E-state index contributed by atoms with van der Waals surface area (Å²) in [7, 11) is 0. The molecule has 0 atom stereocenters. The van der Waals surface area contributed by atoms with Gasteiger partial charge in [0.1, 0.15) is 11.5 Å². The van der Waals surface area contributed by atoms with Crippen LogP contribution < -0.4 is 20.3 Å². The highest BCUT2D eigenvalue weighted by atomic mass is 79.9. The van der Waals surface area contributed by atoms with E-state index >= 15 is 0 Å². The van der Waals surface area contributed by atoms with Crippen LogP contribution in [0, 0.1) is 10.1 Å². The smallest absolute Gasteiger partial charge is 0.276 e. The predicted octanol–water partition coefficient (Wildman–Crippen LogP) is 4.16. The summed E-state index contributed by atoms with van der Waals surface area (Å²) >= 11 is 3.33. The Morgan fingerprint density at radius 1 is 1.03 bits per heavy atom. The Kier molecular flexibility index (Phi) is 9.76. The summed E-state index contributed by atoms with van der Waals surface area (Å²) in [4.78, 5) is 34.6. The number of carbonyl (C=O) groups excluding carboxylic acids is 2. The number of carbonyl (C=O) groups is 2. The van der Waals surface area contributed by atoms with E-state index in [0.29, 0.717) is 16.8 Å². The summed E-state index contributed by atoms with van der Waals surface area (Å²) < 4.78 is 11.7. The third-order valence-corrected chi connectivity index (χ3v) is 4.67. The molecule has 0 aliphatic carbocycles. The molecule has 0 bridgehead atoms. The molecule has 31 heavy (non-hydrogen) atoms. The first kappa shape index (κ1) is 24.1. The first-order chi connectivity index (χ1) is 14.9. The average Bonchev–Trinajstić information content (AvgIpc) is 2.77. The third-order valence-electron chi connectivity index (χ3n) is 4.17. The first-order valence-electron chi connectivity index (χ1n) is 9.79. The van der Waals surface area contributed by atoms with Gasteiger partial charge in [-0.3, -0.25) is 30.6 Å². The molecule has 0 radical (unpaired) electrons. The fraction of sp³-hybridized carbons (Fsp3) is 0.333. The Hall–Kier alpha value is -3.14. The van der Waals surface area contributed by atoms with Gasteiger partial charge in [-0.2, -0.15) is 0 Å². The van der Waals surface area contributed by atoms with Crippen molar-refractivity contribution in [2.75, 3.05) is 13.2 Å². The fourth-order valence-electron chi connectivity index (χ4n) is 2.56. The lowest BCUT2D eigenvalue weighted by Gasteiger charge is -2.13. The second-order valence-corrected chi connectivity index (χ2v) is 7.51. The number of unbranched alkanes of at least 4 members (excludes halogenated alkanes) is 3. The van der Waals surface area contributed by atoms with Gasteiger partial charge < -0.3 is 9.47 Å². The summed E-state index contributed by atoms with van der Waals surface area (Å²) in [5, 5.41) is 10.6. The van der Waals surface area contributed by atoms with Crippen LogP contribution in [0.4, 0.5) is 5.69 Å². The lowest BCUT2D eigenvalue weighted by molar-refractivity contribution is -0.384. The van der Waals surface area contributed by atoms with Gasteiger partial charge in [-0.25, -0.2) is 0 Å². The zero-order chi connectivity index (χ0) is 22.6. The number of hydrazine groups is 1. The largest absolute Gasteiger partial charge is 0.493 e. The molecule has 2 aromatic carbocycles. The van der Waals surface area contributed by atoms with E-state index in [1.165, 1.54) is 24.3 Å². The predicted molar refractivity (Wildman–Crippen MR) is 118 cm³/mol. The molecule has 2 N–H and O–H groups in total. The maximum absolute atomic E-state index is 12.5. The molecular weight excluding hydrogens is 470 g/mol. The van der Waals surface area contributed by atoms with Crippen LogP contribution in [-0.2, 0) is 4.79 Å². The Morgan fingerprint density at radius 2 is 1.77 bits per heavy atom. The van der Waals surface area contributed by atoms with Gasteiger partial charge in [0.2, 0.25) is 0 Å². The standard InChI is InChI=1S/C21H24BrN3O6/c1-2-3-4-5-12-30-19-11-6-15(22)13-18(19)21(27)24-23-20(26)14-31-17-9-7-16(8-10-17)25(28)29/h6-11,13H,2-5,12,14H2,1H3,(H,23,26)(H,24,27). The number of nitro benzene ring substituents is 1. The number of nitrogens with one attached hydrogen (secondary N) is 2. The molecule has 10 heteroatoms. The monoisotopic (exact) mass is 493 g/mol. The van der Waals surface area contributed by atoms with Gasteiger partial charge in [0.05, 0.1) is 17.1 Å². The molecule has 0 heterocycles. The molecule has 9 nitrogen and oxygen atoms in total. The highest BCUT2D eigenvalue weighted by Crippen LogP contribution is 2.23. The molecule has 0 saturated heterocycles. The van der Waals surface area contributed by atoms with Crippen molar-refractivity contribution in [1.82, 2.24) is 10.9 Å². The lowest BCUT2D eigenvalue weighted by atomic mass is 10.2. The number of ether oxygens (including phenoxy) is 2. The zero-order valence-corrected chi connectivity index (χ0v) is 18.6. The topological polar surface area (TPSA) is 120 Å². The van der Waals surface area contributed by atoms with Crippen molar-refractivity contribution < 1.29 is 24.0 Å². The highest BCUT2D eigenvalue weighted by molar-refractivity contribution is 9.10. The molecule has 0 spiro atoms. The number of amides is 2. The van der Waals surface area contributed by atoms with Crippen LogP contribution in [0.3, 0.4) is 0 Å². The van der Waals surface area contributed by atoms with Gasteiger partial charge in [-0.05, 0) is 36.8 Å². The number of nitro groups is 1. The lowest BCUT2D eigenvalue weighted by Crippen LogP contribution is -2.44. The van der Waals surface area contributed by atoms with Crippen LogP contribution in [0.2, 0.25) is 0 Å². The van der Waals surface area contributed by atoms with Crippen LogP contribution in [0.25, 0.3) is 0 Å². The first-order valence-corrected chi connectivity index (χ1v) is 10.6. The van der Waals surface area contributed by atoms with E-state index in [1.807, 2.05) is 0 Å². The minimum Gasteiger partial charge on any atom is -0.493 e. The minimum atomic E-state index is -0.594. The average molecular weight is 494 g/mol. The molecule has 0 aromatic heterocycles. The number of hydrogen-bond donors (Lipinski definition) is 2. The SMILES string of the molecule is CCCCCCOc1ccc(Br)cc1C(=O)NNC(=O)COc1ccc([N+](=O)[O-])cc1. The zero-order valence-electron chi connectivity index (χ0n) is 17.1. The van der Waals surface area contributed by atoms with E-state index in [0.717, 1.165) is 25.7 Å². The molecule has 0 fully saturated rings. The number of hydrogen-bond acceptors (Lipinski definition) is 6. The number of nitrogens with zero attached hydrogens (tertiary/aromatic N) is 1. The summed E-state index contributed by atoms with van der Waals surface area (Å²) in [6.45, 7) is 2.25. The third kappa shape index (κ3) is 8.25. The van der Waals surface area contributed by atoms with Gasteiger partial charge in [0, 0.05) is 16.6 Å². The van der Waals surface area contributed by atoms with Crippen molar-refractivity contribution in [1.29, 1.82) is 0 Å². The van der Waals surface area contributed by atoms with Gasteiger partial charge in [0.25, 0.3) is 17.5 Å². The Morgan fingerprint density at radius 3 is 2.45 bits per heavy atom. The summed E-state index contributed by atoms with van der Waals surface area (Å²) in [6, 6.07) is 10.4. The van der Waals surface area contributed by atoms with Crippen molar-refractivity contribution in [2.24, 2.45) is 0 Å². The van der Waals surface area contributed by atoms with Crippen molar-refractivity contribution in [3.05, 3.63) is 62.6 Å². The molecule has 2 amide bonds. The molecule has 0 aliphatic heterocycles. The van der Waals surface area contributed by atoms with Crippen molar-refractivity contribution in [3.8, 4) is 11.5 Å². The van der Waals surface area contributed by atoms with E-state index in [9.17, 15) is 19.7 Å². The van der Waals surface area contributed by atoms with E-state index in [4.69, 9.17) is 9.47 Å². The Labute approximate surface area is 188 Å². The summed E-state index contributed by atoms with van der Waals surface area (Å²) in [6.07, 6.45) is 4.20. The molecule has 0 saturated carbocycles. The van der Waals surface area contributed by atoms with Gasteiger partial charge in [-0.15, -0.1) is 0 Å². The van der Waals surface area contributed by atoms with Gasteiger partial charge in [0.15, 0.2) is 6.61 Å². The molecule has 0 aliphatic rings. The van der Waals surface area contributed by atoms with Crippen molar-refractivity contribution in [2.45, 2.75) is 32.6 Å². The second kappa shape index (κ2) is 12.5. The van der Waals surface area contributed by atoms with Crippen LogP contribution in [0.5, 0.6) is 11.5 Å². The highest BCUT2D eigenvalue weighted by Gasteiger charge is 2.15. The molecular formula is C21H24BrN3O6. The molecule has 0 unspecified atom stereocenters. The number of non-ortho nitro benzene ring substituents is 1. The van der Waals surface area contributed by atoms with E-state index in [1.54, 1.807) is 18.2 Å². The summed E-state index contributed by atoms with van der Waals surface area (Å²) in [5.74, 6) is -0.413. The van der Waals surface area contributed by atoms with Crippen LogP contribution in [0.1, 0.15) is 43.0 Å². The van der Waals surface area contributed by atoms with Gasteiger partial charge >= 0.3 is 0 Å². The van der Waals surface area contributed by atoms with Crippen LogP contribution in [-0.4, -0.2) is 30.0 Å². The van der Waals surface area contributed by atoms with Crippen molar-refractivity contribution >= 4 is 33.4 Å². The second-order valence-electron chi connectivity index (χ2n) is 6.59. The van der Waals surface area contributed by atoms with Crippen LogP contribution in [0.15, 0.2) is 46.9 Å². The quantitative estimate of drug-likeness (QED) is 0.275. The Balaban J connectivity index is 1.84. The normalized spacial score (nSPS) is 10.3. The number of rotatable bonds is 11. The molecule has 2 rings (SSSR count). The summed E-state index contributed by atoms with van der Waals surface area (Å²) in [5.41, 5.74) is 4.79. The molecule has 166 valence electrons. The minimum absolute atomic E-state index is 0.0820. The van der Waals surface area contributed by atoms with Crippen LogP contribution >= 0.6 is 15.9 Å². The Bertz CT molecular complexity index is 904.